The van der Waals surface area contributed by atoms with E-state index in [-0.39, 0.29) is 10.6 Å². The third kappa shape index (κ3) is 7.03. The van der Waals surface area contributed by atoms with Gasteiger partial charge in [-0.1, -0.05) is 60.5 Å². The summed E-state index contributed by atoms with van der Waals surface area (Å²) in [5.41, 5.74) is 2.35. The lowest BCUT2D eigenvalue weighted by Gasteiger charge is -2.26. The Kier molecular flexibility index (Phi) is 9.08. The number of amides is 1. The lowest BCUT2D eigenvalue weighted by Crippen LogP contribution is -2.40. The topological polar surface area (TPSA) is 79.0 Å². The number of carbonyl (C=O) groups excluding carboxylic acids is 1. The van der Waals surface area contributed by atoms with Crippen LogP contribution in [0.2, 0.25) is 5.02 Å². The summed E-state index contributed by atoms with van der Waals surface area (Å²) in [6.07, 6.45) is 3.76. The normalized spacial score (nSPS) is 14.2. The smallest absolute Gasteiger partial charge is 0.264 e. The molecule has 3 aromatic rings. The Bertz CT molecular complexity index is 1310. The van der Waals surface area contributed by atoms with Crippen LogP contribution in [0.15, 0.2) is 77.7 Å². The maximum Gasteiger partial charge on any atom is 0.264 e. The molecule has 0 saturated carbocycles. The quantitative estimate of drug-likeness (QED) is 0.397. The standard InChI is InChI=1S/C28H32ClN3O4S/c1-36-27-14-13-24(29)18-26(27)32(37(34,35)25-11-4-2-5-12-25)21-28(33)30-19-22-9-8-10-23(17-22)20-31-15-6-3-7-16-31/h2,4-5,8-14,17-18H,3,6-7,15-16,19-21H2,1H3,(H,30,33). The first-order chi connectivity index (χ1) is 17.9. The number of sulfonamides is 1. The van der Waals surface area contributed by atoms with E-state index in [1.807, 2.05) is 12.1 Å². The van der Waals surface area contributed by atoms with Gasteiger partial charge in [0.15, 0.2) is 0 Å². The molecule has 0 atom stereocenters. The van der Waals surface area contributed by atoms with E-state index in [0.717, 1.165) is 29.5 Å². The van der Waals surface area contributed by atoms with Gasteiger partial charge in [0.05, 0.1) is 17.7 Å². The molecule has 3 aromatic carbocycles. The Labute approximate surface area is 224 Å². The van der Waals surface area contributed by atoms with Crippen molar-refractivity contribution in [1.29, 1.82) is 0 Å². The number of rotatable bonds is 10. The summed E-state index contributed by atoms with van der Waals surface area (Å²) in [4.78, 5) is 15.6. The van der Waals surface area contributed by atoms with Crippen molar-refractivity contribution in [3.63, 3.8) is 0 Å². The highest BCUT2D eigenvalue weighted by Crippen LogP contribution is 2.34. The molecule has 1 aliphatic heterocycles. The van der Waals surface area contributed by atoms with Crippen molar-refractivity contribution in [1.82, 2.24) is 10.2 Å². The Hall–Kier alpha value is -3.07. The highest BCUT2D eigenvalue weighted by Gasteiger charge is 2.29. The van der Waals surface area contributed by atoms with Crippen LogP contribution in [0.3, 0.4) is 0 Å². The van der Waals surface area contributed by atoms with E-state index < -0.39 is 22.5 Å². The van der Waals surface area contributed by atoms with Crippen molar-refractivity contribution in [2.24, 2.45) is 0 Å². The number of hydrogen-bond donors (Lipinski definition) is 1. The van der Waals surface area contributed by atoms with Gasteiger partial charge in [-0.25, -0.2) is 8.42 Å². The van der Waals surface area contributed by atoms with Gasteiger partial charge < -0.3 is 10.1 Å². The van der Waals surface area contributed by atoms with Gasteiger partial charge >= 0.3 is 0 Å². The van der Waals surface area contributed by atoms with Gasteiger partial charge in [0.2, 0.25) is 5.91 Å². The molecule has 0 aromatic heterocycles. The fourth-order valence-electron chi connectivity index (χ4n) is 4.48. The summed E-state index contributed by atoms with van der Waals surface area (Å²) in [5, 5.41) is 3.20. The fraction of sp³-hybridized carbons (Fsp3) is 0.321. The molecule has 1 amide bonds. The summed E-state index contributed by atoms with van der Waals surface area (Å²) in [5.74, 6) is -0.148. The van der Waals surface area contributed by atoms with Gasteiger partial charge in [0, 0.05) is 18.1 Å². The Morgan fingerprint density at radius 3 is 2.43 bits per heavy atom. The van der Waals surface area contributed by atoms with Gasteiger partial charge in [-0.2, -0.15) is 0 Å². The first-order valence-corrected chi connectivity index (χ1v) is 14.2. The predicted molar refractivity (Wildman–Crippen MR) is 146 cm³/mol. The van der Waals surface area contributed by atoms with Crippen LogP contribution in [0, 0.1) is 0 Å². The van der Waals surface area contributed by atoms with Crippen LogP contribution in [0.5, 0.6) is 5.75 Å². The molecule has 0 bridgehead atoms. The van der Waals surface area contributed by atoms with Gasteiger partial charge in [-0.05, 0) is 67.4 Å². The van der Waals surface area contributed by atoms with Crippen molar-refractivity contribution in [3.05, 3.63) is 88.9 Å². The number of anilines is 1. The third-order valence-electron chi connectivity index (χ3n) is 6.36. The molecule has 1 aliphatic rings. The summed E-state index contributed by atoms with van der Waals surface area (Å²) >= 11 is 6.20. The van der Waals surface area contributed by atoms with Gasteiger partial charge in [0.1, 0.15) is 12.3 Å². The summed E-state index contributed by atoms with van der Waals surface area (Å²) in [6.45, 7) is 2.97. The average molecular weight is 542 g/mol. The third-order valence-corrected chi connectivity index (χ3v) is 8.37. The second-order valence-electron chi connectivity index (χ2n) is 9.07. The van der Waals surface area contributed by atoms with Gasteiger partial charge in [-0.3, -0.25) is 14.0 Å². The van der Waals surface area contributed by atoms with Crippen molar-refractivity contribution >= 4 is 33.2 Å². The largest absolute Gasteiger partial charge is 0.495 e. The molecule has 1 heterocycles. The Balaban J connectivity index is 1.51. The average Bonchev–Trinajstić information content (AvgIpc) is 2.92. The number of carbonyl (C=O) groups is 1. The number of hydrogen-bond acceptors (Lipinski definition) is 5. The molecule has 0 unspecified atom stereocenters. The molecule has 1 N–H and O–H groups in total. The lowest BCUT2D eigenvalue weighted by molar-refractivity contribution is -0.119. The minimum Gasteiger partial charge on any atom is -0.495 e. The van der Waals surface area contributed by atoms with Crippen LogP contribution in [0.1, 0.15) is 30.4 Å². The van der Waals surface area contributed by atoms with Crippen LogP contribution in [0.25, 0.3) is 0 Å². The highest BCUT2D eigenvalue weighted by molar-refractivity contribution is 7.92. The minimum atomic E-state index is -4.08. The molecule has 0 radical (unpaired) electrons. The zero-order valence-corrected chi connectivity index (χ0v) is 22.5. The number of ether oxygens (including phenoxy) is 1. The molecule has 0 aliphatic carbocycles. The molecular weight excluding hydrogens is 510 g/mol. The zero-order valence-electron chi connectivity index (χ0n) is 20.9. The molecule has 7 nitrogen and oxygen atoms in total. The summed E-state index contributed by atoms with van der Waals surface area (Å²) < 4.78 is 33.6. The van der Waals surface area contributed by atoms with E-state index in [1.54, 1.807) is 30.3 Å². The van der Waals surface area contributed by atoms with Gasteiger partial charge in [0.25, 0.3) is 10.0 Å². The SMILES string of the molecule is COc1ccc(Cl)cc1N(CC(=O)NCc1cccc(CN2CCCCC2)c1)S(=O)(=O)c1ccccc1. The van der Waals surface area contributed by atoms with E-state index in [2.05, 4.69) is 22.3 Å². The van der Waals surface area contributed by atoms with Crippen molar-refractivity contribution in [2.45, 2.75) is 37.2 Å². The maximum atomic E-state index is 13.6. The second-order valence-corrected chi connectivity index (χ2v) is 11.4. The summed E-state index contributed by atoms with van der Waals surface area (Å²) in [7, 11) is -2.63. The molecule has 9 heteroatoms. The first kappa shape index (κ1) is 27.0. The first-order valence-electron chi connectivity index (χ1n) is 12.3. The minimum absolute atomic E-state index is 0.0650. The van der Waals surface area contributed by atoms with Crippen LogP contribution in [-0.2, 0) is 27.9 Å². The molecule has 1 fully saturated rings. The number of likely N-dealkylation sites (tertiary alicyclic amines) is 1. The van der Waals surface area contributed by atoms with Crippen molar-refractivity contribution in [3.8, 4) is 5.75 Å². The van der Waals surface area contributed by atoms with E-state index >= 15 is 0 Å². The number of nitrogens with one attached hydrogen (secondary N) is 1. The van der Waals surface area contributed by atoms with E-state index in [1.165, 1.54) is 50.1 Å². The van der Waals surface area contributed by atoms with E-state index in [4.69, 9.17) is 16.3 Å². The molecule has 196 valence electrons. The molecular formula is C28H32ClN3O4S. The highest BCUT2D eigenvalue weighted by atomic mass is 35.5. The van der Waals surface area contributed by atoms with E-state index in [9.17, 15) is 13.2 Å². The fourth-order valence-corrected chi connectivity index (χ4v) is 6.09. The number of benzene rings is 3. The van der Waals surface area contributed by atoms with Crippen LogP contribution in [0.4, 0.5) is 5.69 Å². The molecule has 1 saturated heterocycles. The van der Waals surface area contributed by atoms with Crippen LogP contribution >= 0.6 is 11.6 Å². The van der Waals surface area contributed by atoms with E-state index in [0.29, 0.717) is 17.3 Å². The lowest BCUT2D eigenvalue weighted by atomic mass is 10.1. The maximum absolute atomic E-state index is 13.6. The number of nitrogens with zero attached hydrogens (tertiary/aromatic N) is 2. The summed E-state index contributed by atoms with van der Waals surface area (Å²) in [6, 6.07) is 20.8. The molecule has 0 spiro atoms. The molecule has 4 rings (SSSR count). The van der Waals surface area contributed by atoms with Crippen LogP contribution in [-0.4, -0.2) is 46.0 Å². The number of piperidine rings is 1. The van der Waals surface area contributed by atoms with Crippen LogP contribution < -0.4 is 14.4 Å². The van der Waals surface area contributed by atoms with Gasteiger partial charge in [-0.15, -0.1) is 0 Å². The Morgan fingerprint density at radius 1 is 0.973 bits per heavy atom. The number of methoxy groups -OCH3 is 1. The predicted octanol–water partition coefficient (Wildman–Crippen LogP) is 4.85. The second kappa shape index (κ2) is 12.4. The van der Waals surface area contributed by atoms with Crippen molar-refractivity contribution < 1.29 is 17.9 Å². The molecule has 37 heavy (non-hydrogen) atoms. The number of halogens is 1. The monoisotopic (exact) mass is 541 g/mol. The zero-order chi connectivity index (χ0) is 26.3. The van der Waals surface area contributed by atoms with Crippen molar-refractivity contribution in [2.75, 3.05) is 31.0 Å². The Morgan fingerprint density at radius 2 is 1.70 bits per heavy atom.